The van der Waals surface area contributed by atoms with E-state index >= 15 is 0 Å². The second-order valence-corrected chi connectivity index (χ2v) is 5.19. The van der Waals surface area contributed by atoms with Crippen molar-refractivity contribution < 1.29 is 9.32 Å². The molecule has 0 fully saturated rings. The van der Waals surface area contributed by atoms with Gasteiger partial charge in [-0.15, -0.1) is 0 Å². The highest BCUT2D eigenvalue weighted by atomic mass is 16.5. The molecule has 0 aliphatic heterocycles. The third-order valence-electron chi connectivity index (χ3n) is 3.71. The Labute approximate surface area is 126 Å². The van der Waals surface area contributed by atoms with Gasteiger partial charge in [0.25, 0.3) is 0 Å². The van der Waals surface area contributed by atoms with Crippen molar-refractivity contribution >= 4 is 22.4 Å². The Hall–Kier alpha value is -2.95. The number of benzene rings is 1. The first kappa shape index (κ1) is 12.8. The number of ketones is 1. The highest BCUT2D eigenvalue weighted by Gasteiger charge is 2.13. The van der Waals surface area contributed by atoms with Crippen LogP contribution in [-0.4, -0.2) is 20.3 Å². The Morgan fingerprint density at radius 3 is 2.95 bits per heavy atom. The molecule has 0 atom stereocenters. The van der Waals surface area contributed by atoms with Gasteiger partial charge in [-0.1, -0.05) is 23.4 Å². The zero-order chi connectivity index (χ0) is 14.9. The zero-order valence-corrected chi connectivity index (χ0v) is 11.8. The number of para-hydroxylation sites is 1. The summed E-state index contributed by atoms with van der Waals surface area (Å²) >= 11 is 0. The molecule has 0 amide bonds. The lowest BCUT2D eigenvalue weighted by Crippen LogP contribution is -2.09. The third kappa shape index (κ3) is 2.16. The highest BCUT2D eigenvalue weighted by Crippen LogP contribution is 2.19. The number of aromatic nitrogens is 3. The number of carbonyl (C=O) groups excluding carboxylic acids is 1. The molecule has 3 heterocycles. The van der Waals surface area contributed by atoms with Gasteiger partial charge in [-0.2, -0.15) is 0 Å². The summed E-state index contributed by atoms with van der Waals surface area (Å²) in [5.74, 6) is 0.0975. The Balaban J connectivity index is 1.59. The van der Waals surface area contributed by atoms with Crippen molar-refractivity contribution in [2.75, 3.05) is 0 Å². The lowest BCUT2D eigenvalue weighted by atomic mass is 10.1. The van der Waals surface area contributed by atoms with Crippen LogP contribution in [0, 0.1) is 0 Å². The first-order valence-corrected chi connectivity index (χ1v) is 7.07. The van der Waals surface area contributed by atoms with Crippen LogP contribution in [0.15, 0.2) is 59.4 Å². The molecule has 0 bridgehead atoms. The van der Waals surface area contributed by atoms with E-state index in [1.54, 1.807) is 6.20 Å². The number of hydrogen-bond donors (Lipinski definition) is 0. The van der Waals surface area contributed by atoms with Crippen molar-refractivity contribution in [3.63, 3.8) is 0 Å². The van der Waals surface area contributed by atoms with Gasteiger partial charge in [0.05, 0.1) is 12.1 Å². The number of nitrogens with zero attached hydrogens (tertiary/aromatic N) is 3. The van der Waals surface area contributed by atoms with Gasteiger partial charge in [0.2, 0.25) is 0 Å². The van der Waals surface area contributed by atoms with Crippen LogP contribution < -0.4 is 0 Å². The van der Waals surface area contributed by atoms with Gasteiger partial charge < -0.3 is 8.92 Å². The summed E-state index contributed by atoms with van der Waals surface area (Å²) in [6, 6.07) is 13.3. The average Bonchev–Trinajstić information content (AvgIpc) is 3.15. The number of imidazole rings is 1. The van der Waals surface area contributed by atoms with E-state index in [0.717, 1.165) is 16.7 Å². The molecule has 5 heteroatoms. The Bertz CT molecular complexity index is 968. The minimum Gasteiger partial charge on any atom is -0.356 e. The topological polar surface area (TPSA) is 60.4 Å². The predicted octanol–water partition coefficient (Wildman–Crippen LogP) is 2.83. The molecule has 5 nitrogen and oxygen atoms in total. The van der Waals surface area contributed by atoms with Crippen LogP contribution in [0.25, 0.3) is 16.6 Å². The third-order valence-corrected chi connectivity index (χ3v) is 3.71. The Morgan fingerprint density at radius 1 is 1.09 bits per heavy atom. The summed E-state index contributed by atoms with van der Waals surface area (Å²) in [6.45, 7) is 0. The molecule has 0 saturated heterocycles. The second kappa shape index (κ2) is 5.11. The molecular weight excluding hydrogens is 278 g/mol. The zero-order valence-electron chi connectivity index (χ0n) is 11.8. The largest absolute Gasteiger partial charge is 0.356 e. The SMILES string of the molecule is O=C(Cc1noc2ccccc12)Cc1cccc2nccn12. The summed E-state index contributed by atoms with van der Waals surface area (Å²) in [5, 5.41) is 4.91. The summed E-state index contributed by atoms with van der Waals surface area (Å²) in [5.41, 5.74) is 3.17. The smallest absolute Gasteiger partial charge is 0.167 e. The fourth-order valence-electron chi connectivity index (χ4n) is 2.67. The van der Waals surface area contributed by atoms with Gasteiger partial charge in [-0.25, -0.2) is 4.98 Å². The number of fused-ring (bicyclic) bond motifs is 2. The average molecular weight is 291 g/mol. The van der Waals surface area contributed by atoms with E-state index in [-0.39, 0.29) is 12.2 Å². The van der Waals surface area contributed by atoms with E-state index in [1.165, 1.54) is 0 Å². The van der Waals surface area contributed by atoms with Crippen LogP contribution in [0.2, 0.25) is 0 Å². The monoisotopic (exact) mass is 291 g/mol. The highest BCUT2D eigenvalue weighted by molar-refractivity contribution is 5.88. The van der Waals surface area contributed by atoms with E-state index in [0.29, 0.717) is 17.7 Å². The summed E-state index contributed by atoms with van der Waals surface area (Å²) < 4.78 is 7.17. The van der Waals surface area contributed by atoms with Crippen molar-refractivity contribution in [3.05, 3.63) is 66.2 Å². The molecule has 0 saturated carbocycles. The number of Topliss-reactive ketones (excluding diaryl/α,β-unsaturated/α-hetero) is 1. The minimum absolute atomic E-state index is 0.0975. The molecule has 0 aliphatic rings. The van der Waals surface area contributed by atoms with E-state index in [1.807, 2.05) is 53.1 Å². The quantitative estimate of drug-likeness (QED) is 0.580. The molecule has 0 N–H and O–H groups in total. The van der Waals surface area contributed by atoms with Crippen molar-refractivity contribution in [1.29, 1.82) is 0 Å². The number of pyridine rings is 1. The Kier molecular flexibility index (Phi) is 2.96. The molecule has 4 aromatic rings. The predicted molar refractivity (Wildman–Crippen MR) is 81.6 cm³/mol. The maximum atomic E-state index is 12.4. The Morgan fingerprint density at radius 2 is 2.00 bits per heavy atom. The van der Waals surface area contributed by atoms with Crippen LogP contribution in [0.4, 0.5) is 0 Å². The molecular formula is C17H13N3O2. The van der Waals surface area contributed by atoms with Gasteiger partial charge in [0.1, 0.15) is 11.4 Å². The molecule has 0 spiro atoms. The molecule has 108 valence electrons. The van der Waals surface area contributed by atoms with Gasteiger partial charge in [0, 0.05) is 29.9 Å². The van der Waals surface area contributed by atoms with Crippen molar-refractivity contribution in [2.45, 2.75) is 12.8 Å². The van der Waals surface area contributed by atoms with Crippen LogP contribution >= 0.6 is 0 Å². The maximum Gasteiger partial charge on any atom is 0.167 e. The lowest BCUT2D eigenvalue weighted by Gasteiger charge is -2.04. The maximum absolute atomic E-state index is 12.4. The van der Waals surface area contributed by atoms with E-state index in [9.17, 15) is 4.79 Å². The van der Waals surface area contributed by atoms with Gasteiger partial charge in [-0.05, 0) is 24.3 Å². The molecule has 1 aromatic carbocycles. The van der Waals surface area contributed by atoms with Crippen molar-refractivity contribution in [2.24, 2.45) is 0 Å². The van der Waals surface area contributed by atoms with Gasteiger partial charge >= 0.3 is 0 Å². The van der Waals surface area contributed by atoms with Crippen LogP contribution in [-0.2, 0) is 17.6 Å². The van der Waals surface area contributed by atoms with Crippen molar-refractivity contribution in [1.82, 2.24) is 14.5 Å². The summed E-state index contributed by atoms with van der Waals surface area (Å²) in [7, 11) is 0. The molecule has 22 heavy (non-hydrogen) atoms. The number of rotatable bonds is 4. The number of hydrogen-bond acceptors (Lipinski definition) is 4. The minimum atomic E-state index is 0.0975. The van der Waals surface area contributed by atoms with E-state index < -0.39 is 0 Å². The van der Waals surface area contributed by atoms with E-state index in [4.69, 9.17) is 4.52 Å². The molecule has 3 aromatic heterocycles. The molecule has 0 aliphatic carbocycles. The first-order valence-electron chi connectivity index (χ1n) is 7.07. The van der Waals surface area contributed by atoms with Crippen LogP contribution in [0.5, 0.6) is 0 Å². The number of carbonyl (C=O) groups is 1. The summed E-state index contributed by atoms with van der Waals surface area (Å²) in [6.07, 6.45) is 4.20. The van der Waals surface area contributed by atoms with Gasteiger partial charge in [0.15, 0.2) is 5.58 Å². The summed E-state index contributed by atoms with van der Waals surface area (Å²) in [4.78, 5) is 16.6. The normalized spacial score (nSPS) is 11.3. The lowest BCUT2D eigenvalue weighted by molar-refractivity contribution is -0.117. The molecule has 0 unspecified atom stereocenters. The second-order valence-electron chi connectivity index (χ2n) is 5.19. The fourth-order valence-corrected chi connectivity index (χ4v) is 2.67. The van der Waals surface area contributed by atoms with Gasteiger partial charge in [-0.3, -0.25) is 4.79 Å². The van der Waals surface area contributed by atoms with Crippen LogP contribution in [0.3, 0.4) is 0 Å². The van der Waals surface area contributed by atoms with E-state index in [2.05, 4.69) is 10.1 Å². The fraction of sp³-hybridized carbons (Fsp3) is 0.118. The molecule has 0 radical (unpaired) electrons. The molecule has 4 rings (SSSR count). The van der Waals surface area contributed by atoms with Crippen LogP contribution in [0.1, 0.15) is 11.4 Å². The standard InChI is InChI=1S/C17H13N3O2/c21-13(10-12-4-3-7-17-18-8-9-20(12)17)11-15-14-5-1-2-6-16(14)22-19-15/h1-9H,10-11H2. The van der Waals surface area contributed by atoms with Crippen molar-refractivity contribution in [3.8, 4) is 0 Å². The first-order chi connectivity index (χ1) is 10.8.